The second kappa shape index (κ2) is 6.34. The van der Waals surface area contributed by atoms with Gasteiger partial charge in [0.1, 0.15) is 4.90 Å². The highest BCUT2D eigenvalue weighted by Gasteiger charge is 2.21. The molecule has 2 rings (SSSR count). The Hall–Kier alpha value is -0.840. The Morgan fingerprint density at radius 3 is 2.14 bits per heavy atom. The summed E-state index contributed by atoms with van der Waals surface area (Å²) in [6.45, 7) is 0. The van der Waals surface area contributed by atoms with E-state index in [1.807, 2.05) is 0 Å². The van der Waals surface area contributed by atoms with E-state index in [1.165, 1.54) is 12.1 Å². The number of rotatable bonds is 4. The zero-order valence-corrected chi connectivity index (χ0v) is 15.8. The lowest BCUT2D eigenvalue weighted by atomic mass is 10.3. The molecule has 0 spiro atoms. The highest BCUT2D eigenvalue weighted by Crippen LogP contribution is 2.26. The normalized spacial score (nSPS) is 12.1. The summed E-state index contributed by atoms with van der Waals surface area (Å²) >= 11 is 8.01. The van der Waals surface area contributed by atoms with Gasteiger partial charge in [-0.2, -0.15) is 0 Å². The predicted molar refractivity (Wildman–Crippen MR) is 94.5 cm³/mol. The standard InChI is InChI=1S/C13H11ClINO4S2/c1-21(17,18)11-6-7-12(14)13(8-11)22(19,20)16-10-4-2-9(15)3-5-10/h2-8,16H,1H3. The minimum absolute atomic E-state index is 0.0505. The Kier molecular flexibility index (Phi) is 5.05. The van der Waals surface area contributed by atoms with Crippen LogP contribution in [0.2, 0.25) is 5.02 Å². The molecule has 0 unspecified atom stereocenters. The van der Waals surface area contributed by atoms with E-state index in [4.69, 9.17) is 11.6 Å². The van der Waals surface area contributed by atoms with Gasteiger partial charge in [0.05, 0.1) is 9.92 Å². The first-order chi connectivity index (χ1) is 10.1. The van der Waals surface area contributed by atoms with Gasteiger partial charge in [0, 0.05) is 15.5 Å². The van der Waals surface area contributed by atoms with E-state index in [1.54, 1.807) is 24.3 Å². The third-order valence-corrected chi connectivity index (χ3v) is 6.41. The lowest BCUT2D eigenvalue weighted by Gasteiger charge is -2.10. The van der Waals surface area contributed by atoms with Crippen molar-refractivity contribution >= 4 is 59.7 Å². The number of sulfonamides is 1. The van der Waals surface area contributed by atoms with Crippen molar-refractivity contribution in [3.63, 3.8) is 0 Å². The quantitative estimate of drug-likeness (QED) is 0.695. The highest BCUT2D eigenvalue weighted by molar-refractivity contribution is 14.1. The van der Waals surface area contributed by atoms with Crippen LogP contribution in [-0.4, -0.2) is 23.1 Å². The maximum Gasteiger partial charge on any atom is 0.263 e. The molecule has 0 fully saturated rings. The number of halogens is 2. The maximum absolute atomic E-state index is 12.4. The van der Waals surface area contributed by atoms with Crippen molar-refractivity contribution in [2.45, 2.75) is 9.79 Å². The lowest BCUT2D eigenvalue weighted by molar-refractivity contribution is 0.600. The topological polar surface area (TPSA) is 80.3 Å². The third-order valence-electron chi connectivity index (χ3n) is 2.72. The second-order valence-corrected chi connectivity index (χ2v) is 9.80. The van der Waals surface area contributed by atoms with Gasteiger partial charge in [-0.3, -0.25) is 4.72 Å². The Bertz CT molecular complexity index is 910. The predicted octanol–water partition coefficient (Wildman–Crippen LogP) is 3.15. The molecule has 22 heavy (non-hydrogen) atoms. The summed E-state index contributed by atoms with van der Waals surface area (Å²) in [5.74, 6) is 0. The van der Waals surface area contributed by atoms with Gasteiger partial charge in [-0.1, -0.05) is 11.6 Å². The fraction of sp³-hybridized carbons (Fsp3) is 0.0769. The number of sulfone groups is 1. The summed E-state index contributed by atoms with van der Waals surface area (Å²) in [5, 5.41) is -0.0505. The Morgan fingerprint density at radius 1 is 1.00 bits per heavy atom. The molecule has 9 heteroatoms. The summed E-state index contributed by atoms with van der Waals surface area (Å²) in [5.41, 5.74) is 0.362. The largest absolute Gasteiger partial charge is 0.280 e. The minimum atomic E-state index is -3.99. The highest BCUT2D eigenvalue weighted by atomic mass is 127. The van der Waals surface area contributed by atoms with Crippen LogP contribution >= 0.6 is 34.2 Å². The summed E-state index contributed by atoms with van der Waals surface area (Å²) in [7, 11) is -7.52. The lowest BCUT2D eigenvalue weighted by Crippen LogP contribution is -2.14. The summed E-state index contributed by atoms with van der Waals surface area (Å²) in [6.07, 6.45) is 0.999. The van der Waals surface area contributed by atoms with E-state index in [0.717, 1.165) is 15.9 Å². The molecule has 0 atom stereocenters. The Labute approximate surface area is 147 Å². The van der Waals surface area contributed by atoms with Crippen LogP contribution in [0.3, 0.4) is 0 Å². The van der Waals surface area contributed by atoms with E-state index in [2.05, 4.69) is 27.3 Å². The molecule has 118 valence electrons. The number of hydrogen-bond acceptors (Lipinski definition) is 4. The monoisotopic (exact) mass is 471 g/mol. The molecule has 0 bridgehead atoms. The van der Waals surface area contributed by atoms with Crippen LogP contribution in [0.1, 0.15) is 0 Å². The van der Waals surface area contributed by atoms with E-state index >= 15 is 0 Å². The molecule has 0 aliphatic rings. The third kappa shape index (κ3) is 4.12. The fourth-order valence-corrected chi connectivity index (χ4v) is 4.32. The molecule has 2 aromatic carbocycles. The fourth-order valence-electron chi connectivity index (χ4n) is 1.65. The number of nitrogens with one attached hydrogen (secondary N) is 1. The van der Waals surface area contributed by atoms with Gasteiger partial charge in [0.2, 0.25) is 0 Å². The number of hydrogen-bond donors (Lipinski definition) is 1. The van der Waals surface area contributed by atoms with Crippen LogP contribution in [0.4, 0.5) is 5.69 Å². The molecule has 0 heterocycles. The maximum atomic E-state index is 12.4. The molecular formula is C13H11ClINO4S2. The van der Waals surface area contributed by atoms with Crippen LogP contribution in [0, 0.1) is 3.57 Å². The summed E-state index contributed by atoms with van der Waals surface area (Å²) < 4.78 is 51.2. The molecule has 5 nitrogen and oxygen atoms in total. The van der Waals surface area contributed by atoms with Crippen LogP contribution in [0.25, 0.3) is 0 Å². The van der Waals surface area contributed by atoms with Gasteiger partial charge in [-0.15, -0.1) is 0 Å². The second-order valence-electron chi connectivity index (χ2n) is 4.48. The first-order valence-corrected chi connectivity index (χ1v) is 10.7. The van der Waals surface area contributed by atoms with Gasteiger partial charge >= 0.3 is 0 Å². The van der Waals surface area contributed by atoms with Crippen LogP contribution in [0.5, 0.6) is 0 Å². The van der Waals surface area contributed by atoms with Gasteiger partial charge in [-0.05, 0) is 65.1 Å². The van der Waals surface area contributed by atoms with Crippen LogP contribution in [-0.2, 0) is 19.9 Å². The van der Waals surface area contributed by atoms with Crippen molar-refractivity contribution < 1.29 is 16.8 Å². The molecule has 0 aliphatic carbocycles. The Balaban J connectivity index is 2.47. The van der Waals surface area contributed by atoms with Gasteiger partial charge < -0.3 is 0 Å². The zero-order valence-electron chi connectivity index (χ0n) is 11.2. The molecule has 1 N–H and O–H groups in total. The first kappa shape index (κ1) is 17.5. The van der Waals surface area contributed by atoms with Crippen LogP contribution < -0.4 is 4.72 Å². The molecule has 0 aliphatic heterocycles. The molecule has 0 amide bonds. The summed E-state index contributed by atoms with van der Waals surface area (Å²) in [6, 6.07) is 10.3. The molecular weight excluding hydrogens is 461 g/mol. The Morgan fingerprint density at radius 2 is 1.59 bits per heavy atom. The van der Waals surface area contributed by atoms with Gasteiger partial charge in [0.25, 0.3) is 10.0 Å². The van der Waals surface area contributed by atoms with Crippen molar-refractivity contribution in [3.05, 3.63) is 51.1 Å². The van der Waals surface area contributed by atoms with Gasteiger partial charge in [0.15, 0.2) is 9.84 Å². The molecule has 0 aromatic heterocycles. The minimum Gasteiger partial charge on any atom is -0.280 e. The number of anilines is 1. The van der Waals surface area contributed by atoms with E-state index in [9.17, 15) is 16.8 Å². The molecule has 0 saturated heterocycles. The van der Waals surface area contributed by atoms with Crippen molar-refractivity contribution in [2.24, 2.45) is 0 Å². The zero-order chi connectivity index (χ0) is 16.5. The van der Waals surface area contributed by atoms with E-state index in [0.29, 0.717) is 5.69 Å². The average Bonchev–Trinajstić information content (AvgIpc) is 2.40. The SMILES string of the molecule is CS(=O)(=O)c1ccc(Cl)c(S(=O)(=O)Nc2ccc(I)cc2)c1. The first-order valence-electron chi connectivity index (χ1n) is 5.87. The van der Waals surface area contributed by atoms with Crippen molar-refractivity contribution in [1.82, 2.24) is 0 Å². The summed E-state index contributed by atoms with van der Waals surface area (Å²) in [4.78, 5) is -0.393. The van der Waals surface area contributed by atoms with Crippen molar-refractivity contribution in [1.29, 1.82) is 0 Å². The van der Waals surface area contributed by atoms with Crippen LogP contribution in [0.15, 0.2) is 52.3 Å². The smallest absolute Gasteiger partial charge is 0.263 e. The van der Waals surface area contributed by atoms with E-state index < -0.39 is 19.9 Å². The molecule has 0 saturated carbocycles. The molecule has 0 radical (unpaired) electrons. The van der Waals surface area contributed by atoms with Crippen molar-refractivity contribution in [3.8, 4) is 0 Å². The van der Waals surface area contributed by atoms with Crippen molar-refractivity contribution in [2.75, 3.05) is 11.0 Å². The molecule has 2 aromatic rings. The number of benzene rings is 2. The van der Waals surface area contributed by atoms with E-state index in [-0.39, 0.29) is 14.8 Å². The van der Waals surface area contributed by atoms with Gasteiger partial charge in [-0.25, -0.2) is 16.8 Å². The average molecular weight is 472 g/mol.